The SMILES string of the molecule is CC(C)(C)CCCNC(C)(C)Cc1ccccc1. The standard InChI is InChI=1S/C17H29N/c1-16(2,3)12-9-13-18-17(4,5)14-15-10-7-6-8-11-15/h6-8,10-11,18H,9,12-14H2,1-5H3. The number of hydrogen-bond acceptors (Lipinski definition) is 1. The summed E-state index contributed by atoms with van der Waals surface area (Å²) < 4.78 is 0. The fraction of sp³-hybridized carbons (Fsp3) is 0.647. The summed E-state index contributed by atoms with van der Waals surface area (Å²) >= 11 is 0. The predicted octanol–water partition coefficient (Wildman–Crippen LogP) is 4.42. The monoisotopic (exact) mass is 247 g/mol. The van der Waals surface area contributed by atoms with E-state index in [-0.39, 0.29) is 5.54 Å². The average Bonchev–Trinajstić information content (AvgIpc) is 2.24. The fourth-order valence-electron chi connectivity index (χ4n) is 2.21. The zero-order valence-corrected chi connectivity index (χ0v) is 12.7. The first-order valence-corrected chi connectivity index (χ1v) is 7.07. The lowest BCUT2D eigenvalue weighted by Gasteiger charge is -2.27. The Labute approximate surface area is 113 Å². The quantitative estimate of drug-likeness (QED) is 0.734. The van der Waals surface area contributed by atoms with E-state index in [4.69, 9.17) is 0 Å². The van der Waals surface area contributed by atoms with Crippen LogP contribution < -0.4 is 5.32 Å². The molecule has 0 saturated heterocycles. The molecule has 1 heteroatoms. The van der Waals surface area contributed by atoms with Crippen molar-refractivity contribution in [2.75, 3.05) is 6.54 Å². The van der Waals surface area contributed by atoms with Gasteiger partial charge in [-0.3, -0.25) is 0 Å². The third-order valence-corrected chi connectivity index (χ3v) is 3.20. The Bertz CT molecular complexity index is 332. The van der Waals surface area contributed by atoms with Crippen molar-refractivity contribution in [2.24, 2.45) is 5.41 Å². The van der Waals surface area contributed by atoms with Crippen LogP contribution in [0.1, 0.15) is 53.0 Å². The highest BCUT2D eigenvalue weighted by atomic mass is 14.9. The van der Waals surface area contributed by atoms with Crippen molar-refractivity contribution in [3.8, 4) is 0 Å². The van der Waals surface area contributed by atoms with Crippen LogP contribution in [-0.2, 0) is 6.42 Å². The van der Waals surface area contributed by atoms with Crippen LogP contribution in [0.5, 0.6) is 0 Å². The van der Waals surface area contributed by atoms with E-state index >= 15 is 0 Å². The summed E-state index contributed by atoms with van der Waals surface area (Å²) in [6, 6.07) is 10.7. The maximum Gasteiger partial charge on any atom is 0.0165 e. The summed E-state index contributed by atoms with van der Waals surface area (Å²) in [6.07, 6.45) is 3.62. The van der Waals surface area contributed by atoms with Gasteiger partial charge in [0.25, 0.3) is 0 Å². The van der Waals surface area contributed by atoms with Gasteiger partial charge < -0.3 is 5.32 Å². The molecule has 0 amide bonds. The Hall–Kier alpha value is -0.820. The van der Waals surface area contributed by atoms with Crippen LogP contribution in [0.2, 0.25) is 0 Å². The first-order valence-electron chi connectivity index (χ1n) is 7.07. The molecule has 0 atom stereocenters. The minimum absolute atomic E-state index is 0.180. The molecule has 0 unspecified atom stereocenters. The molecule has 0 aromatic heterocycles. The van der Waals surface area contributed by atoms with Crippen molar-refractivity contribution >= 4 is 0 Å². The minimum Gasteiger partial charge on any atom is -0.311 e. The van der Waals surface area contributed by atoms with Crippen molar-refractivity contribution in [3.63, 3.8) is 0 Å². The van der Waals surface area contributed by atoms with E-state index in [0.717, 1.165) is 13.0 Å². The van der Waals surface area contributed by atoms with Gasteiger partial charge in [0.2, 0.25) is 0 Å². The van der Waals surface area contributed by atoms with E-state index in [1.165, 1.54) is 18.4 Å². The van der Waals surface area contributed by atoms with Crippen molar-refractivity contribution in [1.29, 1.82) is 0 Å². The molecule has 1 aromatic rings. The Balaban J connectivity index is 2.32. The highest BCUT2D eigenvalue weighted by molar-refractivity contribution is 5.17. The topological polar surface area (TPSA) is 12.0 Å². The van der Waals surface area contributed by atoms with Gasteiger partial charge in [-0.15, -0.1) is 0 Å². The summed E-state index contributed by atoms with van der Waals surface area (Å²) in [5.74, 6) is 0. The van der Waals surface area contributed by atoms with E-state index in [1.807, 2.05) is 0 Å². The lowest BCUT2D eigenvalue weighted by molar-refractivity contribution is 0.331. The van der Waals surface area contributed by atoms with Gasteiger partial charge >= 0.3 is 0 Å². The maximum atomic E-state index is 3.68. The van der Waals surface area contributed by atoms with Gasteiger partial charge in [-0.2, -0.15) is 0 Å². The van der Waals surface area contributed by atoms with Crippen LogP contribution in [0.25, 0.3) is 0 Å². The first kappa shape index (κ1) is 15.2. The Morgan fingerprint density at radius 2 is 1.56 bits per heavy atom. The molecule has 1 rings (SSSR count). The van der Waals surface area contributed by atoms with Crippen LogP contribution >= 0.6 is 0 Å². The largest absolute Gasteiger partial charge is 0.311 e. The van der Waals surface area contributed by atoms with Crippen LogP contribution in [-0.4, -0.2) is 12.1 Å². The smallest absolute Gasteiger partial charge is 0.0165 e. The highest BCUT2D eigenvalue weighted by Gasteiger charge is 2.17. The number of hydrogen-bond donors (Lipinski definition) is 1. The Kier molecular flexibility index (Phi) is 5.40. The summed E-state index contributed by atoms with van der Waals surface area (Å²) in [7, 11) is 0. The molecular weight excluding hydrogens is 218 g/mol. The predicted molar refractivity (Wildman–Crippen MR) is 80.9 cm³/mol. The first-order chi connectivity index (χ1) is 8.29. The molecule has 0 aliphatic carbocycles. The molecule has 0 fully saturated rings. The van der Waals surface area contributed by atoms with Crippen molar-refractivity contribution in [1.82, 2.24) is 5.32 Å². The summed E-state index contributed by atoms with van der Waals surface area (Å²) in [5.41, 5.74) is 2.04. The average molecular weight is 247 g/mol. The summed E-state index contributed by atoms with van der Waals surface area (Å²) in [6.45, 7) is 12.6. The number of nitrogens with one attached hydrogen (secondary N) is 1. The second-order valence-electron chi connectivity index (χ2n) is 7.14. The van der Waals surface area contributed by atoms with Gasteiger partial charge in [0.15, 0.2) is 0 Å². The molecule has 0 bridgehead atoms. The molecule has 0 aliphatic heterocycles. The molecule has 1 nitrogen and oxygen atoms in total. The van der Waals surface area contributed by atoms with Crippen molar-refractivity contribution in [2.45, 2.75) is 59.4 Å². The van der Waals surface area contributed by atoms with E-state index in [0.29, 0.717) is 5.41 Å². The second-order valence-corrected chi connectivity index (χ2v) is 7.14. The molecule has 0 radical (unpaired) electrons. The van der Waals surface area contributed by atoms with Crippen molar-refractivity contribution in [3.05, 3.63) is 35.9 Å². The van der Waals surface area contributed by atoms with E-state index in [9.17, 15) is 0 Å². The molecule has 1 aromatic carbocycles. The van der Waals surface area contributed by atoms with E-state index in [1.54, 1.807) is 0 Å². The van der Waals surface area contributed by atoms with Crippen molar-refractivity contribution < 1.29 is 0 Å². The van der Waals surface area contributed by atoms with Gasteiger partial charge in [-0.05, 0) is 50.6 Å². The highest BCUT2D eigenvalue weighted by Crippen LogP contribution is 2.20. The summed E-state index contributed by atoms with van der Waals surface area (Å²) in [5, 5.41) is 3.68. The molecule has 0 aliphatic rings. The Morgan fingerprint density at radius 3 is 2.11 bits per heavy atom. The molecule has 0 saturated carbocycles. The molecule has 0 spiro atoms. The van der Waals surface area contributed by atoms with Crippen LogP contribution in [0, 0.1) is 5.41 Å². The lowest BCUT2D eigenvalue weighted by Crippen LogP contribution is -2.42. The summed E-state index contributed by atoms with van der Waals surface area (Å²) in [4.78, 5) is 0. The second kappa shape index (κ2) is 6.38. The zero-order valence-electron chi connectivity index (χ0n) is 12.7. The van der Waals surface area contributed by atoms with E-state index < -0.39 is 0 Å². The van der Waals surface area contributed by atoms with Gasteiger partial charge in [0.1, 0.15) is 0 Å². The lowest BCUT2D eigenvalue weighted by atomic mass is 9.90. The zero-order chi connectivity index (χ0) is 13.6. The van der Waals surface area contributed by atoms with Gasteiger partial charge in [0, 0.05) is 5.54 Å². The van der Waals surface area contributed by atoms with Crippen LogP contribution in [0.15, 0.2) is 30.3 Å². The fourth-order valence-corrected chi connectivity index (χ4v) is 2.21. The van der Waals surface area contributed by atoms with Crippen LogP contribution in [0.3, 0.4) is 0 Å². The molecular formula is C17H29N. The maximum absolute atomic E-state index is 3.68. The number of rotatable bonds is 6. The Morgan fingerprint density at radius 1 is 0.944 bits per heavy atom. The van der Waals surface area contributed by atoms with E-state index in [2.05, 4.69) is 70.3 Å². The molecule has 18 heavy (non-hydrogen) atoms. The van der Waals surface area contributed by atoms with Gasteiger partial charge in [-0.25, -0.2) is 0 Å². The normalized spacial score (nSPS) is 12.7. The molecule has 102 valence electrons. The van der Waals surface area contributed by atoms with Gasteiger partial charge in [-0.1, -0.05) is 51.1 Å². The third-order valence-electron chi connectivity index (χ3n) is 3.20. The third kappa shape index (κ3) is 6.80. The number of benzene rings is 1. The van der Waals surface area contributed by atoms with Gasteiger partial charge in [0.05, 0.1) is 0 Å². The van der Waals surface area contributed by atoms with Crippen LogP contribution in [0.4, 0.5) is 0 Å². The molecule has 1 N–H and O–H groups in total. The minimum atomic E-state index is 0.180. The molecule has 0 heterocycles.